The molecule has 3 N–H and O–H groups in total. The number of aryl methyl sites for hydroxylation is 2. The summed E-state index contributed by atoms with van der Waals surface area (Å²) in [7, 11) is 1.72. The Balaban J connectivity index is 2.45. The lowest BCUT2D eigenvalue weighted by atomic mass is 10.2. The fourth-order valence-electron chi connectivity index (χ4n) is 1.62. The molecule has 0 amide bonds. The van der Waals surface area contributed by atoms with Gasteiger partial charge in [0.05, 0.1) is 11.9 Å². The van der Waals surface area contributed by atoms with E-state index in [9.17, 15) is 0 Å². The van der Waals surface area contributed by atoms with Gasteiger partial charge in [-0.05, 0) is 19.1 Å². The molecule has 2 rings (SSSR count). The molecule has 0 saturated heterocycles. The van der Waals surface area contributed by atoms with Crippen LogP contribution in [-0.2, 0) is 7.05 Å². The molecule has 0 saturated carbocycles. The zero-order valence-electron chi connectivity index (χ0n) is 10.0. The first-order valence-electron chi connectivity index (χ1n) is 5.23. The van der Waals surface area contributed by atoms with Gasteiger partial charge in [0.2, 0.25) is 5.88 Å². The van der Waals surface area contributed by atoms with Crippen molar-refractivity contribution in [1.29, 1.82) is 0 Å². The molecule has 94 valence electrons. The molecule has 0 fully saturated rings. The second-order valence-corrected chi connectivity index (χ2v) is 3.67. The Morgan fingerprint density at radius 3 is 2.94 bits per heavy atom. The minimum atomic E-state index is -0.0421. The highest BCUT2D eigenvalue weighted by atomic mass is 16.5. The van der Waals surface area contributed by atoms with E-state index in [1.807, 2.05) is 0 Å². The van der Waals surface area contributed by atoms with Crippen molar-refractivity contribution in [2.75, 3.05) is 0 Å². The van der Waals surface area contributed by atoms with E-state index in [0.29, 0.717) is 22.9 Å². The minimum Gasteiger partial charge on any atom is -0.437 e. The van der Waals surface area contributed by atoms with Crippen molar-refractivity contribution in [1.82, 2.24) is 14.8 Å². The fraction of sp³-hybridized carbons (Fsp3) is 0.182. The summed E-state index contributed by atoms with van der Waals surface area (Å²) in [5.41, 5.74) is 6.69. The van der Waals surface area contributed by atoms with Crippen molar-refractivity contribution in [3.8, 4) is 11.6 Å². The second-order valence-electron chi connectivity index (χ2n) is 3.67. The average Bonchev–Trinajstić information content (AvgIpc) is 2.65. The van der Waals surface area contributed by atoms with Gasteiger partial charge in [-0.1, -0.05) is 5.16 Å². The highest BCUT2D eigenvalue weighted by Gasteiger charge is 2.19. The van der Waals surface area contributed by atoms with Crippen LogP contribution in [0, 0.1) is 6.92 Å². The third-order valence-corrected chi connectivity index (χ3v) is 2.38. The van der Waals surface area contributed by atoms with Crippen LogP contribution in [0.1, 0.15) is 11.3 Å². The predicted octanol–water partition coefficient (Wildman–Crippen LogP) is 1.01. The topological polar surface area (TPSA) is 98.5 Å². The minimum absolute atomic E-state index is 0.0421. The number of nitrogens with two attached hydrogens (primary N) is 1. The van der Waals surface area contributed by atoms with Crippen LogP contribution in [-0.4, -0.2) is 25.8 Å². The number of aromatic nitrogens is 3. The molecule has 0 unspecified atom stereocenters. The van der Waals surface area contributed by atoms with E-state index in [1.54, 1.807) is 38.5 Å². The Labute approximate surface area is 104 Å². The molecule has 0 bridgehead atoms. The Hall–Kier alpha value is -2.57. The lowest BCUT2D eigenvalue weighted by molar-refractivity contribution is 0.318. The molecule has 2 heterocycles. The zero-order chi connectivity index (χ0) is 13.1. The monoisotopic (exact) mass is 247 g/mol. The van der Waals surface area contributed by atoms with Gasteiger partial charge in [0.15, 0.2) is 5.84 Å². The van der Waals surface area contributed by atoms with Gasteiger partial charge in [-0.3, -0.25) is 4.98 Å². The number of ether oxygens (including phenoxy) is 1. The van der Waals surface area contributed by atoms with E-state index in [2.05, 4.69) is 15.2 Å². The van der Waals surface area contributed by atoms with Gasteiger partial charge in [-0.25, -0.2) is 4.68 Å². The summed E-state index contributed by atoms with van der Waals surface area (Å²) in [4.78, 5) is 3.95. The van der Waals surface area contributed by atoms with Crippen LogP contribution in [0.5, 0.6) is 11.6 Å². The number of amidine groups is 1. The molecular weight excluding hydrogens is 234 g/mol. The lowest BCUT2D eigenvalue weighted by Crippen LogP contribution is -2.15. The molecule has 0 aliphatic carbocycles. The van der Waals surface area contributed by atoms with Crippen LogP contribution in [0.2, 0.25) is 0 Å². The zero-order valence-corrected chi connectivity index (χ0v) is 10.0. The SMILES string of the molecule is Cc1nn(C)c(Oc2cccnc2)c1C(N)=NO. The average molecular weight is 247 g/mol. The summed E-state index contributed by atoms with van der Waals surface area (Å²) in [6.45, 7) is 1.75. The molecule has 2 aromatic heterocycles. The van der Waals surface area contributed by atoms with E-state index in [4.69, 9.17) is 15.7 Å². The van der Waals surface area contributed by atoms with Gasteiger partial charge >= 0.3 is 0 Å². The molecule has 7 nitrogen and oxygen atoms in total. The van der Waals surface area contributed by atoms with Gasteiger partial charge in [0.25, 0.3) is 0 Å². The van der Waals surface area contributed by atoms with Crippen LogP contribution >= 0.6 is 0 Å². The van der Waals surface area contributed by atoms with Crippen molar-refractivity contribution in [3.63, 3.8) is 0 Å². The van der Waals surface area contributed by atoms with Gasteiger partial charge < -0.3 is 15.7 Å². The van der Waals surface area contributed by atoms with Gasteiger partial charge in [-0.15, -0.1) is 0 Å². The summed E-state index contributed by atoms with van der Waals surface area (Å²) in [6.07, 6.45) is 3.21. The number of oxime groups is 1. The quantitative estimate of drug-likeness (QED) is 0.365. The maximum Gasteiger partial charge on any atom is 0.229 e. The predicted molar refractivity (Wildman–Crippen MR) is 64.8 cm³/mol. The summed E-state index contributed by atoms with van der Waals surface area (Å²) >= 11 is 0. The second kappa shape index (κ2) is 4.74. The van der Waals surface area contributed by atoms with Crippen molar-refractivity contribution in [2.24, 2.45) is 17.9 Å². The smallest absolute Gasteiger partial charge is 0.229 e. The van der Waals surface area contributed by atoms with E-state index in [0.717, 1.165) is 0 Å². The first kappa shape index (κ1) is 11.9. The molecule has 2 aromatic rings. The molecule has 18 heavy (non-hydrogen) atoms. The highest BCUT2D eigenvalue weighted by molar-refractivity contribution is 6.00. The first-order chi connectivity index (χ1) is 8.63. The number of pyridine rings is 1. The maximum absolute atomic E-state index is 8.77. The maximum atomic E-state index is 8.77. The van der Waals surface area contributed by atoms with Gasteiger partial charge in [0, 0.05) is 13.2 Å². The van der Waals surface area contributed by atoms with Crippen LogP contribution < -0.4 is 10.5 Å². The molecule has 0 aliphatic heterocycles. The van der Waals surface area contributed by atoms with Crippen LogP contribution in [0.15, 0.2) is 29.7 Å². The lowest BCUT2D eigenvalue weighted by Gasteiger charge is -2.07. The van der Waals surface area contributed by atoms with Crippen LogP contribution in [0.25, 0.3) is 0 Å². The summed E-state index contributed by atoms with van der Waals surface area (Å²) in [5, 5.41) is 15.9. The Morgan fingerprint density at radius 1 is 1.56 bits per heavy atom. The largest absolute Gasteiger partial charge is 0.437 e. The Kier molecular flexibility index (Phi) is 3.13. The van der Waals surface area contributed by atoms with Gasteiger partial charge in [-0.2, -0.15) is 5.10 Å². The van der Waals surface area contributed by atoms with Crippen LogP contribution in [0.3, 0.4) is 0 Å². The third kappa shape index (κ3) is 2.10. The van der Waals surface area contributed by atoms with Gasteiger partial charge in [0.1, 0.15) is 11.3 Å². The summed E-state index contributed by atoms with van der Waals surface area (Å²) < 4.78 is 7.17. The molecule has 7 heteroatoms. The highest BCUT2D eigenvalue weighted by Crippen LogP contribution is 2.26. The Bertz CT molecular complexity index is 577. The standard InChI is InChI=1S/C11H13N5O2/c1-7-9(10(12)15-17)11(16(2)14-7)18-8-4-3-5-13-6-8/h3-6,17H,1-2H3,(H2,12,15). The van der Waals surface area contributed by atoms with Crippen LogP contribution in [0.4, 0.5) is 0 Å². The van der Waals surface area contributed by atoms with Crippen molar-refractivity contribution in [3.05, 3.63) is 35.8 Å². The van der Waals surface area contributed by atoms with E-state index < -0.39 is 0 Å². The van der Waals surface area contributed by atoms with Crippen molar-refractivity contribution in [2.45, 2.75) is 6.92 Å². The van der Waals surface area contributed by atoms with Crippen molar-refractivity contribution < 1.29 is 9.94 Å². The molecule has 0 radical (unpaired) electrons. The Morgan fingerprint density at radius 2 is 2.33 bits per heavy atom. The summed E-state index contributed by atoms with van der Waals surface area (Å²) in [5.74, 6) is 0.905. The van der Waals surface area contributed by atoms with E-state index >= 15 is 0 Å². The summed E-state index contributed by atoms with van der Waals surface area (Å²) in [6, 6.07) is 3.51. The molecule has 0 aliphatic rings. The fourth-order valence-corrected chi connectivity index (χ4v) is 1.62. The van der Waals surface area contributed by atoms with Crippen molar-refractivity contribution >= 4 is 5.84 Å². The molecule has 0 aromatic carbocycles. The number of hydrogen-bond donors (Lipinski definition) is 2. The number of rotatable bonds is 3. The molecular formula is C11H13N5O2. The molecule has 0 atom stereocenters. The third-order valence-electron chi connectivity index (χ3n) is 2.38. The number of nitrogens with zero attached hydrogens (tertiary/aromatic N) is 4. The van der Waals surface area contributed by atoms with E-state index in [-0.39, 0.29) is 5.84 Å². The number of hydrogen-bond acceptors (Lipinski definition) is 5. The van der Waals surface area contributed by atoms with E-state index in [1.165, 1.54) is 4.68 Å². The normalized spacial score (nSPS) is 11.6. The first-order valence-corrected chi connectivity index (χ1v) is 5.23. The molecule has 0 spiro atoms.